The number of aromatic nitrogens is 1. The number of carboxylic acid groups (broad SMARTS) is 1. The zero-order valence-electron chi connectivity index (χ0n) is 11.7. The third-order valence-corrected chi connectivity index (χ3v) is 3.60. The Morgan fingerprint density at radius 3 is 2.64 bits per heavy atom. The van der Waals surface area contributed by atoms with Gasteiger partial charge >= 0.3 is 5.97 Å². The van der Waals surface area contributed by atoms with Gasteiger partial charge in [-0.3, -0.25) is 10.1 Å². The van der Waals surface area contributed by atoms with Gasteiger partial charge in [-0.15, -0.1) is 0 Å². The second kappa shape index (κ2) is 5.00. The van der Waals surface area contributed by atoms with Crippen LogP contribution in [0.25, 0.3) is 22.0 Å². The van der Waals surface area contributed by atoms with Gasteiger partial charge in [0.05, 0.1) is 4.92 Å². The highest BCUT2D eigenvalue weighted by Gasteiger charge is 2.20. The largest absolute Gasteiger partial charge is 0.477 e. The zero-order valence-corrected chi connectivity index (χ0v) is 11.7. The van der Waals surface area contributed by atoms with Crippen molar-refractivity contribution in [1.29, 1.82) is 0 Å². The van der Waals surface area contributed by atoms with E-state index in [0.717, 1.165) is 16.5 Å². The number of carbonyl (C=O) groups is 1. The van der Waals surface area contributed by atoms with Gasteiger partial charge in [-0.2, -0.15) is 0 Å². The Morgan fingerprint density at radius 1 is 1.23 bits per heavy atom. The average Bonchev–Trinajstić information content (AvgIpc) is 2.88. The molecular formula is C16H12N2O4. The number of rotatable bonds is 3. The number of hydrogen-bond donors (Lipinski definition) is 2. The number of aryl methyl sites for hydroxylation is 1. The highest BCUT2D eigenvalue weighted by Crippen LogP contribution is 2.35. The van der Waals surface area contributed by atoms with Crippen molar-refractivity contribution in [2.45, 2.75) is 6.92 Å². The van der Waals surface area contributed by atoms with E-state index < -0.39 is 10.9 Å². The standard InChI is InChI=1S/C16H12N2O4/c1-9-4-2-7-12-13(15(16(19)20)17-14(9)12)10-5-3-6-11(8-10)18(21)22/h2-8,17H,1H3,(H,19,20). The number of hydrogen-bond acceptors (Lipinski definition) is 3. The van der Waals surface area contributed by atoms with Crippen LogP contribution in [-0.4, -0.2) is 21.0 Å². The van der Waals surface area contributed by atoms with Crippen LogP contribution in [0.5, 0.6) is 0 Å². The molecule has 2 aromatic carbocycles. The molecule has 3 aromatic rings. The first kappa shape index (κ1) is 13.8. The minimum Gasteiger partial charge on any atom is -0.477 e. The van der Waals surface area contributed by atoms with Crippen molar-refractivity contribution in [1.82, 2.24) is 4.98 Å². The number of nitrogens with zero attached hydrogens (tertiary/aromatic N) is 1. The first-order valence-corrected chi connectivity index (χ1v) is 6.58. The Bertz CT molecular complexity index is 912. The van der Waals surface area contributed by atoms with E-state index in [9.17, 15) is 20.0 Å². The van der Waals surface area contributed by atoms with Crippen molar-refractivity contribution in [3.8, 4) is 11.1 Å². The molecule has 0 fully saturated rings. The Balaban J connectivity index is 2.36. The summed E-state index contributed by atoms with van der Waals surface area (Å²) in [6.45, 7) is 1.88. The highest BCUT2D eigenvalue weighted by molar-refractivity contribution is 6.08. The maximum atomic E-state index is 11.5. The van der Waals surface area contributed by atoms with Crippen molar-refractivity contribution in [3.63, 3.8) is 0 Å². The number of nitro benzene ring substituents is 1. The normalized spacial score (nSPS) is 10.8. The van der Waals surface area contributed by atoms with E-state index in [0.29, 0.717) is 11.1 Å². The molecule has 1 aromatic heterocycles. The number of fused-ring (bicyclic) bond motifs is 1. The Hall–Kier alpha value is -3.15. The van der Waals surface area contributed by atoms with E-state index in [4.69, 9.17) is 0 Å². The van der Waals surface area contributed by atoms with Gasteiger partial charge in [-0.05, 0) is 18.1 Å². The number of carboxylic acids is 1. The maximum Gasteiger partial charge on any atom is 0.352 e. The summed E-state index contributed by atoms with van der Waals surface area (Å²) in [4.78, 5) is 24.9. The summed E-state index contributed by atoms with van der Waals surface area (Å²) < 4.78 is 0. The lowest BCUT2D eigenvalue weighted by Crippen LogP contribution is -1.99. The number of aromatic carboxylic acids is 1. The molecule has 0 atom stereocenters. The summed E-state index contributed by atoms with van der Waals surface area (Å²) >= 11 is 0. The molecule has 22 heavy (non-hydrogen) atoms. The molecule has 1 heterocycles. The summed E-state index contributed by atoms with van der Waals surface area (Å²) in [5.41, 5.74) is 2.57. The quantitative estimate of drug-likeness (QED) is 0.568. The van der Waals surface area contributed by atoms with E-state index >= 15 is 0 Å². The topological polar surface area (TPSA) is 96.2 Å². The molecule has 2 N–H and O–H groups in total. The second-order valence-corrected chi connectivity index (χ2v) is 4.99. The number of H-pyrrole nitrogens is 1. The molecule has 0 amide bonds. The van der Waals surface area contributed by atoms with Gasteiger partial charge in [0, 0.05) is 28.6 Å². The number of non-ortho nitro benzene ring substituents is 1. The first-order valence-electron chi connectivity index (χ1n) is 6.58. The van der Waals surface area contributed by atoms with Crippen LogP contribution < -0.4 is 0 Å². The van der Waals surface area contributed by atoms with Crippen molar-refractivity contribution < 1.29 is 14.8 Å². The molecule has 0 saturated carbocycles. The summed E-state index contributed by atoms with van der Waals surface area (Å²) in [6, 6.07) is 11.5. The summed E-state index contributed by atoms with van der Waals surface area (Å²) in [7, 11) is 0. The average molecular weight is 296 g/mol. The van der Waals surface area contributed by atoms with Crippen molar-refractivity contribution in [3.05, 3.63) is 63.8 Å². The SMILES string of the molecule is Cc1cccc2c(-c3cccc([N+](=O)[O-])c3)c(C(=O)O)[nH]c12. The molecule has 0 bridgehead atoms. The molecule has 0 aliphatic carbocycles. The number of aromatic amines is 1. The lowest BCUT2D eigenvalue weighted by atomic mass is 10.0. The molecule has 110 valence electrons. The molecule has 0 aliphatic rings. The Kier molecular flexibility index (Phi) is 3.14. The number of para-hydroxylation sites is 1. The Labute approximate surface area is 125 Å². The molecule has 6 heteroatoms. The molecule has 3 rings (SSSR count). The van der Waals surface area contributed by atoms with Gasteiger partial charge < -0.3 is 10.1 Å². The van der Waals surface area contributed by atoms with Crippen molar-refractivity contribution in [2.24, 2.45) is 0 Å². The van der Waals surface area contributed by atoms with Crippen LogP contribution in [0.2, 0.25) is 0 Å². The fourth-order valence-corrected chi connectivity index (χ4v) is 2.60. The van der Waals surface area contributed by atoms with Crippen LogP contribution in [0.1, 0.15) is 16.1 Å². The zero-order chi connectivity index (χ0) is 15.9. The predicted molar refractivity (Wildman–Crippen MR) is 82.1 cm³/mol. The number of nitrogens with one attached hydrogen (secondary N) is 1. The van der Waals surface area contributed by atoms with Gasteiger partial charge in [0.1, 0.15) is 5.69 Å². The van der Waals surface area contributed by atoms with Gasteiger partial charge in [0.2, 0.25) is 0 Å². The molecular weight excluding hydrogens is 284 g/mol. The van der Waals surface area contributed by atoms with Crippen LogP contribution in [0.15, 0.2) is 42.5 Å². The molecule has 0 unspecified atom stereocenters. The van der Waals surface area contributed by atoms with Crippen molar-refractivity contribution >= 4 is 22.6 Å². The molecule has 0 spiro atoms. The second-order valence-electron chi connectivity index (χ2n) is 4.99. The third kappa shape index (κ3) is 2.10. The lowest BCUT2D eigenvalue weighted by Gasteiger charge is -2.02. The van der Waals surface area contributed by atoms with Crippen LogP contribution in [0.3, 0.4) is 0 Å². The summed E-state index contributed by atoms with van der Waals surface area (Å²) in [5.74, 6) is -1.10. The van der Waals surface area contributed by atoms with E-state index in [2.05, 4.69) is 4.98 Å². The minimum atomic E-state index is -1.10. The summed E-state index contributed by atoms with van der Waals surface area (Å²) in [6.07, 6.45) is 0. The van der Waals surface area contributed by atoms with Crippen LogP contribution in [0.4, 0.5) is 5.69 Å². The van der Waals surface area contributed by atoms with Crippen LogP contribution in [0, 0.1) is 17.0 Å². The van der Waals surface area contributed by atoms with Crippen molar-refractivity contribution in [2.75, 3.05) is 0 Å². The smallest absolute Gasteiger partial charge is 0.352 e. The maximum absolute atomic E-state index is 11.5. The van der Waals surface area contributed by atoms with Crippen LogP contribution in [-0.2, 0) is 0 Å². The molecule has 6 nitrogen and oxygen atoms in total. The fraction of sp³-hybridized carbons (Fsp3) is 0.0625. The fourth-order valence-electron chi connectivity index (χ4n) is 2.60. The minimum absolute atomic E-state index is 0.0322. The van der Waals surface area contributed by atoms with E-state index in [1.54, 1.807) is 18.2 Å². The summed E-state index contributed by atoms with van der Waals surface area (Å²) in [5, 5.41) is 21.1. The van der Waals surface area contributed by atoms with Gasteiger partial charge in [0.25, 0.3) is 5.69 Å². The molecule has 0 radical (unpaired) electrons. The van der Waals surface area contributed by atoms with E-state index in [-0.39, 0.29) is 11.4 Å². The Morgan fingerprint density at radius 2 is 1.95 bits per heavy atom. The van der Waals surface area contributed by atoms with Gasteiger partial charge in [0.15, 0.2) is 0 Å². The number of benzene rings is 2. The monoisotopic (exact) mass is 296 g/mol. The highest BCUT2D eigenvalue weighted by atomic mass is 16.6. The van der Waals surface area contributed by atoms with Gasteiger partial charge in [-0.1, -0.05) is 30.3 Å². The van der Waals surface area contributed by atoms with Gasteiger partial charge in [-0.25, -0.2) is 4.79 Å². The number of nitro groups is 1. The lowest BCUT2D eigenvalue weighted by molar-refractivity contribution is -0.384. The predicted octanol–water partition coefficient (Wildman–Crippen LogP) is 3.75. The molecule has 0 saturated heterocycles. The third-order valence-electron chi connectivity index (χ3n) is 3.60. The van der Waals surface area contributed by atoms with E-state index in [1.165, 1.54) is 12.1 Å². The first-order chi connectivity index (χ1) is 10.5. The van der Waals surface area contributed by atoms with Crippen LogP contribution >= 0.6 is 0 Å². The van der Waals surface area contributed by atoms with E-state index in [1.807, 2.05) is 19.1 Å². The molecule has 0 aliphatic heterocycles.